The second-order valence-corrected chi connectivity index (χ2v) is 9.17. The van der Waals surface area contributed by atoms with Crippen molar-refractivity contribution < 1.29 is 23.8 Å². The van der Waals surface area contributed by atoms with E-state index >= 15 is 0 Å². The topological polar surface area (TPSA) is 66.4 Å². The monoisotopic (exact) mass is 579 g/mol. The minimum absolute atomic E-state index is 0.0324. The zero-order valence-electron chi connectivity index (χ0n) is 16.0. The van der Waals surface area contributed by atoms with Crippen LogP contribution in [0.5, 0.6) is 11.5 Å². The molecule has 2 aromatic carbocycles. The summed E-state index contributed by atoms with van der Waals surface area (Å²) in [5, 5.41) is 4.39. The first-order valence-electron chi connectivity index (χ1n) is 8.40. The number of halogens is 4. The lowest BCUT2D eigenvalue weighted by Gasteiger charge is -2.14. The molecule has 2 aromatic rings. The van der Waals surface area contributed by atoms with E-state index in [1.807, 2.05) is 6.07 Å². The molecule has 160 valence electrons. The Kier molecular flexibility index (Phi) is 9.97. The molecule has 0 unspecified atom stereocenters. The van der Waals surface area contributed by atoms with Gasteiger partial charge in [-0.15, -0.1) is 0 Å². The van der Waals surface area contributed by atoms with Crippen LogP contribution in [0.2, 0.25) is 10.0 Å². The number of carbonyl (C=O) groups excluding carboxylic acids is 1. The molecule has 0 bridgehead atoms. The largest absolute Gasteiger partial charge is 0.489 e. The molecule has 0 saturated heterocycles. The molecule has 10 heteroatoms. The molecule has 0 aliphatic heterocycles. The van der Waals surface area contributed by atoms with E-state index in [1.54, 1.807) is 36.4 Å². The average Bonchev–Trinajstić information content (AvgIpc) is 2.72. The van der Waals surface area contributed by atoms with Crippen LogP contribution in [0.15, 0.2) is 51.0 Å². The van der Waals surface area contributed by atoms with Crippen LogP contribution >= 0.6 is 55.1 Å². The van der Waals surface area contributed by atoms with Gasteiger partial charge in [-0.2, -0.15) is 0 Å². The molecule has 0 spiro atoms. The number of esters is 1. The summed E-state index contributed by atoms with van der Waals surface area (Å²) in [5.74, 6) is 0.164. The zero-order chi connectivity index (χ0) is 22.1. The Bertz CT molecular complexity index is 939. The second kappa shape index (κ2) is 12.2. The predicted octanol–water partition coefficient (Wildman–Crippen LogP) is 6.11. The lowest BCUT2D eigenvalue weighted by molar-refractivity contribution is -0.132. The van der Waals surface area contributed by atoms with Gasteiger partial charge in [-0.1, -0.05) is 52.6 Å². The third-order valence-corrected chi connectivity index (χ3v) is 4.87. The zero-order valence-corrected chi connectivity index (χ0v) is 20.6. The van der Waals surface area contributed by atoms with Crippen molar-refractivity contribution in [2.24, 2.45) is 5.16 Å². The number of methoxy groups -OCH3 is 1. The van der Waals surface area contributed by atoms with Crippen molar-refractivity contribution in [1.82, 2.24) is 0 Å². The van der Waals surface area contributed by atoms with Crippen molar-refractivity contribution in [3.8, 4) is 11.5 Å². The van der Waals surface area contributed by atoms with E-state index in [0.29, 0.717) is 32.7 Å². The normalized spacial score (nSPS) is 10.9. The van der Waals surface area contributed by atoms with Crippen molar-refractivity contribution in [3.63, 3.8) is 0 Å². The molecule has 0 heterocycles. The van der Waals surface area contributed by atoms with Gasteiger partial charge in [0.15, 0.2) is 11.5 Å². The quantitative estimate of drug-likeness (QED) is 0.203. The van der Waals surface area contributed by atoms with Crippen LogP contribution in [0.1, 0.15) is 11.1 Å². The van der Waals surface area contributed by atoms with Crippen molar-refractivity contribution in [2.45, 2.75) is 6.61 Å². The molecular weight excluding hydrogens is 565 g/mol. The van der Waals surface area contributed by atoms with Gasteiger partial charge in [0.1, 0.15) is 26.1 Å². The highest BCUT2D eigenvalue weighted by molar-refractivity contribution is 9.28. The third kappa shape index (κ3) is 6.91. The average molecular weight is 582 g/mol. The van der Waals surface area contributed by atoms with Gasteiger partial charge < -0.3 is 19.0 Å². The molecule has 6 nitrogen and oxygen atoms in total. The van der Waals surface area contributed by atoms with Gasteiger partial charge in [-0.25, -0.2) is 4.79 Å². The molecule has 0 aliphatic rings. The highest BCUT2D eigenvalue weighted by atomic mass is 79.9. The SMILES string of the molecule is CO/N=C(/C(=O)OC)c1ccccc1COc1cc(Cl)c(OCC=C(Br)Br)c(Cl)c1. The van der Waals surface area contributed by atoms with Gasteiger partial charge >= 0.3 is 5.97 Å². The Balaban J connectivity index is 2.21. The summed E-state index contributed by atoms with van der Waals surface area (Å²) in [6.07, 6.45) is 1.76. The van der Waals surface area contributed by atoms with Gasteiger partial charge in [0, 0.05) is 17.7 Å². The Labute approximate surface area is 201 Å². The molecule has 0 radical (unpaired) electrons. The third-order valence-electron chi connectivity index (χ3n) is 3.67. The molecule has 0 aliphatic carbocycles. The van der Waals surface area contributed by atoms with Gasteiger partial charge in [-0.3, -0.25) is 0 Å². The highest BCUT2D eigenvalue weighted by Gasteiger charge is 2.19. The molecule has 30 heavy (non-hydrogen) atoms. The van der Waals surface area contributed by atoms with Crippen molar-refractivity contribution in [1.29, 1.82) is 0 Å². The fourth-order valence-electron chi connectivity index (χ4n) is 2.37. The lowest BCUT2D eigenvalue weighted by atomic mass is 10.0. The first-order valence-corrected chi connectivity index (χ1v) is 10.7. The van der Waals surface area contributed by atoms with E-state index in [2.05, 4.69) is 37.0 Å². The number of hydrogen-bond acceptors (Lipinski definition) is 6. The van der Waals surface area contributed by atoms with Crippen molar-refractivity contribution >= 4 is 66.7 Å². The van der Waals surface area contributed by atoms with Crippen LogP contribution in [-0.4, -0.2) is 32.5 Å². The maximum atomic E-state index is 12.1. The summed E-state index contributed by atoms with van der Waals surface area (Å²) >= 11 is 19.1. The summed E-state index contributed by atoms with van der Waals surface area (Å²) in [6.45, 7) is 0.399. The molecular formula is C20H17Br2Cl2NO5. The van der Waals surface area contributed by atoms with E-state index in [9.17, 15) is 4.79 Å². The Morgan fingerprint density at radius 1 is 1.10 bits per heavy atom. The number of nitrogens with zero attached hydrogens (tertiary/aromatic N) is 1. The summed E-state index contributed by atoms with van der Waals surface area (Å²) < 4.78 is 16.9. The standard InChI is InChI=1S/C20H17Br2Cl2NO5/c1-27-20(26)18(25-28-2)14-6-4-3-5-12(14)11-30-13-9-15(23)19(16(24)10-13)29-8-7-17(21)22/h3-7,9-10H,8,11H2,1-2H3/b25-18+. The van der Waals surface area contributed by atoms with E-state index < -0.39 is 5.97 Å². The number of hydrogen-bond donors (Lipinski definition) is 0. The number of ether oxygens (including phenoxy) is 3. The molecule has 0 amide bonds. The van der Waals surface area contributed by atoms with Crippen LogP contribution in [0, 0.1) is 0 Å². The van der Waals surface area contributed by atoms with E-state index in [0.717, 1.165) is 3.39 Å². The Morgan fingerprint density at radius 3 is 2.37 bits per heavy atom. The summed E-state index contributed by atoms with van der Waals surface area (Å²) in [4.78, 5) is 16.8. The lowest BCUT2D eigenvalue weighted by Crippen LogP contribution is -2.19. The minimum Gasteiger partial charge on any atom is -0.489 e. The summed E-state index contributed by atoms with van der Waals surface area (Å²) in [7, 11) is 2.62. The fourth-order valence-corrected chi connectivity index (χ4v) is 3.21. The van der Waals surface area contributed by atoms with Crippen LogP contribution in [-0.2, 0) is 21.0 Å². The van der Waals surface area contributed by atoms with Crippen molar-refractivity contribution in [3.05, 3.63) is 67.0 Å². The van der Waals surface area contributed by atoms with Gasteiger partial charge in [0.2, 0.25) is 0 Å². The highest BCUT2D eigenvalue weighted by Crippen LogP contribution is 2.37. The van der Waals surface area contributed by atoms with Gasteiger partial charge in [0.25, 0.3) is 0 Å². The van der Waals surface area contributed by atoms with Crippen LogP contribution in [0.4, 0.5) is 0 Å². The summed E-state index contributed by atoms with van der Waals surface area (Å²) in [6, 6.07) is 10.3. The molecule has 0 fully saturated rings. The Morgan fingerprint density at radius 2 is 1.77 bits per heavy atom. The van der Waals surface area contributed by atoms with E-state index in [4.69, 9.17) is 42.3 Å². The van der Waals surface area contributed by atoms with Gasteiger partial charge in [0.05, 0.1) is 20.5 Å². The van der Waals surface area contributed by atoms with Crippen LogP contribution in [0.3, 0.4) is 0 Å². The first-order chi connectivity index (χ1) is 14.4. The number of oxime groups is 1. The molecule has 0 N–H and O–H groups in total. The molecule has 0 saturated carbocycles. The minimum atomic E-state index is -0.624. The smallest absolute Gasteiger partial charge is 0.360 e. The van der Waals surface area contributed by atoms with Crippen molar-refractivity contribution in [2.75, 3.05) is 20.8 Å². The van der Waals surface area contributed by atoms with Gasteiger partial charge in [-0.05, 0) is 43.5 Å². The number of rotatable bonds is 9. The summed E-state index contributed by atoms with van der Waals surface area (Å²) in [5.41, 5.74) is 1.25. The molecule has 0 atom stereocenters. The first kappa shape index (κ1) is 24.5. The van der Waals surface area contributed by atoms with E-state index in [-0.39, 0.29) is 18.9 Å². The van der Waals surface area contributed by atoms with Crippen LogP contribution < -0.4 is 9.47 Å². The Hall–Kier alpha value is -1.74. The van der Waals surface area contributed by atoms with Crippen LogP contribution in [0.25, 0.3) is 0 Å². The number of carbonyl (C=O) groups is 1. The maximum absolute atomic E-state index is 12.1. The fraction of sp³-hybridized carbons (Fsp3) is 0.200. The maximum Gasteiger partial charge on any atom is 0.360 e. The number of benzene rings is 2. The second-order valence-electron chi connectivity index (χ2n) is 5.58. The van der Waals surface area contributed by atoms with E-state index in [1.165, 1.54) is 14.2 Å². The molecule has 0 aromatic heterocycles. The molecule has 2 rings (SSSR count). The predicted molar refractivity (Wildman–Crippen MR) is 124 cm³/mol.